The van der Waals surface area contributed by atoms with Gasteiger partial charge in [0, 0.05) is 0 Å². The Labute approximate surface area is 141 Å². The average molecular weight is 318 g/mol. The summed E-state index contributed by atoms with van der Waals surface area (Å²) in [5.41, 5.74) is 5.60. The molecule has 0 saturated carbocycles. The van der Waals surface area contributed by atoms with Gasteiger partial charge in [0.15, 0.2) is 0 Å². The molecule has 0 heterocycles. The van der Waals surface area contributed by atoms with Gasteiger partial charge in [-0.25, -0.2) is 4.79 Å². The van der Waals surface area contributed by atoms with Crippen LogP contribution in [0.15, 0.2) is 78.9 Å². The maximum atomic E-state index is 11.0. The Morgan fingerprint density at radius 2 is 1.17 bits per heavy atom. The van der Waals surface area contributed by atoms with Gasteiger partial charge in [0.1, 0.15) is 6.61 Å². The summed E-state index contributed by atoms with van der Waals surface area (Å²) >= 11 is 0. The van der Waals surface area contributed by atoms with Crippen LogP contribution in [0.2, 0.25) is 0 Å². The molecule has 0 aliphatic carbocycles. The van der Waals surface area contributed by atoms with E-state index >= 15 is 0 Å². The predicted molar refractivity (Wildman–Crippen MR) is 94.5 cm³/mol. The molecule has 24 heavy (non-hydrogen) atoms. The lowest BCUT2D eigenvalue weighted by atomic mass is 10.00. The van der Waals surface area contributed by atoms with Crippen molar-refractivity contribution in [2.45, 2.75) is 6.61 Å². The first kappa shape index (κ1) is 15.8. The third-order valence-corrected chi connectivity index (χ3v) is 3.80. The van der Waals surface area contributed by atoms with Gasteiger partial charge in [0.05, 0.1) is 7.11 Å². The van der Waals surface area contributed by atoms with Gasteiger partial charge in [-0.15, -0.1) is 0 Å². The molecule has 0 fully saturated rings. The smallest absolute Gasteiger partial charge is 0.438 e. The first-order chi connectivity index (χ1) is 11.8. The fourth-order valence-corrected chi connectivity index (χ4v) is 2.48. The van der Waals surface area contributed by atoms with Gasteiger partial charge >= 0.3 is 6.16 Å². The molecule has 3 aromatic rings. The van der Waals surface area contributed by atoms with Crippen LogP contribution in [0.5, 0.6) is 0 Å². The van der Waals surface area contributed by atoms with Crippen molar-refractivity contribution in [2.75, 3.05) is 7.11 Å². The van der Waals surface area contributed by atoms with Crippen LogP contribution in [0.4, 0.5) is 4.79 Å². The molecule has 120 valence electrons. The van der Waals surface area contributed by atoms with E-state index in [9.17, 15) is 4.79 Å². The van der Waals surface area contributed by atoms with Crippen LogP contribution < -0.4 is 0 Å². The Bertz CT molecular complexity index is 791. The molecule has 0 N–H and O–H groups in total. The molecular formula is C21H18O3. The SMILES string of the molecule is COC(=O)OCc1ccc(-c2ccc(-c3ccccc3)cc2)cc1. The van der Waals surface area contributed by atoms with Crippen LogP contribution in [0.25, 0.3) is 22.3 Å². The predicted octanol–water partition coefficient (Wildman–Crippen LogP) is 5.30. The Morgan fingerprint density at radius 3 is 1.67 bits per heavy atom. The van der Waals surface area contributed by atoms with Crippen LogP contribution in [0.1, 0.15) is 5.56 Å². The fourth-order valence-electron chi connectivity index (χ4n) is 2.48. The zero-order valence-electron chi connectivity index (χ0n) is 13.4. The Morgan fingerprint density at radius 1 is 0.708 bits per heavy atom. The lowest BCUT2D eigenvalue weighted by molar-refractivity contribution is 0.0669. The van der Waals surface area contributed by atoms with Gasteiger partial charge in [-0.2, -0.15) is 0 Å². The van der Waals surface area contributed by atoms with Gasteiger partial charge < -0.3 is 9.47 Å². The second-order valence-corrected chi connectivity index (χ2v) is 5.38. The van der Waals surface area contributed by atoms with Crippen LogP contribution in [0, 0.1) is 0 Å². The third kappa shape index (κ3) is 3.82. The fraction of sp³-hybridized carbons (Fsp3) is 0.0952. The van der Waals surface area contributed by atoms with E-state index in [1.54, 1.807) is 0 Å². The van der Waals surface area contributed by atoms with E-state index in [-0.39, 0.29) is 6.61 Å². The van der Waals surface area contributed by atoms with E-state index in [0.29, 0.717) is 0 Å². The molecule has 3 nitrogen and oxygen atoms in total. The van der Waals surface area contributed by atoms with Crippen LogP contribution in [0.3, 0.4) is 0 Å². The molecule has 3 aromatic carbocycles. The van der Waals surface area contributed by atoms with Gasteiger partial charge in [0.25, 0.3) is 0 Å². The highest BCUT2D eigenvalue weighted by Gasteiger charge is 2.03. The Kier molecular flexibility index (Phi) is 4.92. The summed E-state index contributed by atoms with van der Waals surface area (Å²) in [6.07, 6.45) is -0.671. The second kappa shape index (κ2) is 7.47. The molecular weight excluding hydrogens is 300 g/mol. The summed E-state index contributed by atoms with van der Waals surface area (Å²) in [5, 5.41) is 0. The summed E-state index contributed by atoms with van der Waals surface area (Å²) in [4.78, 5) is 11.0. The maximum absolute atomic E-state index is 11.0. The van der Waals surface area contributed by atoms with E-state index in [0.717, 1.165) is 16.7 Å². The standard InChI is InChI=1S/C21H18O3/c1-23-21(22)24-15-16-7-9-18(10-8-16)20-13-11-19(12-14-20)17-5-3-2-4-6-17/h2-14H,15H2,1H3. The van der Waals surface area contributed by atoms with E-state index in [1.807, 2.05) is 42.5 Å². The molecule has 0 aromatic heterocycles. The number of carbonyl (C=O) groups excluding carboxylic acids is 1. The molecule has 3 heteroatoms. The van der Waals surface area contributed by atoms with Crippen LogP contribution in [-0.4, -0.2) is 13.3 Å². The lowest BCUT2D eigenvalue weighted by Crippen LogP contribution is -2.03. The summed E-state index contributed by atoms with van der Waals surface area (Å²) in [5.74, 6) is 0. The monoisotopic (exact) mass is 318 g/mol. The average Bonchev–Trinajstić information content (AvgIpc) is 2.67. The zero-order valence-corrected chi connectivity index (χ0v) is 13.4. The molecule has 0 aliphatic heterocycles. The lowest BCUT2D eigenvalue weighted by Gasteiger charge is -2.07. The topological polar surface area (TPSA) is 35.5 Å². The highest BCUT2D eigenvalue weighted by atomic mass is 16.7. The van der Waals surface area contributed by atoms with Gasteiger partial charge in [0.2, 0.25) is 0 Å². The molecule has 0 radical (unpaired) electrons. The van der Waals surface area contributed by atoms with Crippen molar-refractivity contribution in [1.82, 2.24) is 0 Å². The highest BCUT2D eigenvalue weighted by molar-refractivity contribution is 5.70. The highest BCUT2D eigenvalue weighted by Crippen LogP contribution is 2.25. The molecule has 0 unspecified atom stereocenters. The van der Waals surface area contributed by atoms with Gasteiger partial charge in [-0.05, 0) is 27.8 Å². The minimum Gasteiger partial charge on any atom is -0.438 e. The van der Waals surface area contributed by atoms with E-state index < -0.39 is 6.16 Å². The van der Waals surface area contributed by atoms with Crippen molar-refractivity contribution in [2.24, 2.45) is 0 Å². The van der Waals surface area contributed by atoms with Crippen molar-refractivity contribution >= 4 is 6.16 Å². The summed E-state index contributed by atoms with van der Waals surface area (Å²) in [6.45, 7) is 0.208. The van der Waals surface area contributed by atoms with Gasteiger partial charge in [-0.3, -0.25) is 0 Å². The number of hydrogen-bond acceptors (Lipinski definition) is 3. The Hall–Kier alpha value is -3.07. The summed E-state index contributed by atoms with van der Waals surface area (Å²) < 4.78 is 9.38. The number of hydrogen-bond donors (Lipinski definition) is 0. The van der Waals surface area contributed by atoms with Crippen LogP contribution in [-0.2, 0) is 16.1 Å². The molecule has 3 rings (SSSR count). The van der Waals surface area contributed by atoms with Crippen molar-refractivity contribution in [3.63, 3.8) is 0 Å². The first-order valence-corrected chi connectivity index (χ1v) is 7.72. The quantitative estimate of drug-likeness (QED) is 0.612. The van der Waals surface area contributed by atoms with E-state index in [1.165, 1.54) is 18.2 Å². The number of rotatable bonds is 4. The molecule has 0 aliphatic rings. The van der Waals surface area contributed by atoms with E-state index in [2.05, 4.69) is 41.1 Å². The number of methoxy groups -OCH3 is 1. The van der Waals surface area contributed by atoms with Crippen molar-refractivity contribution < 1.29 is 14.3 Å². The second-order valence-electron chi connectivity index (χ2n) is 5.38. The zero-order chi connectivity index (χ0) is 16.8. The molecule has 0 bridgehead atoms. The molecule has 0 atom stereocenters. The number of carbonyl (C=O) groups is 1. The maximum Gasteiger partial charge on any atom is 0.508 e. The normalized spacial score (nSPS) is 10.2. The summed E-state index contributed by atoms with van der Waals surface area (Å²) in [6, 6.07) is 26.7. The largest absolute Gasteiger partial charge is 0.508 e. The molecule has 0 spiro atoms. The van der Waals surface area contributed by atoms with Crippen molar-refractivity contribution in [1.29, 1.82) is 0 Å². The number of benzene rings is 3. The molecule has 0 amide bonds. The van der Waals surface area contributed by atoms with Gasteiger partial charge in [-0.1, -0.05) is 78.9 Å². The van der Waals surface area contributed by atoms with E-state index in [4.69, 9.17) is 4.74 Å². The van der Waals surface area contributed by atoms with Crippen molar-refractivity contribution in [3.8, 4) is 22.3 Å². The molecule has 0 saturated heterocycles. The minimum absolute atomic E-state index is 0.208. The van der Waals surface area contributed by atoms with Crippen molar-refractivity contribution in [3.05, 3.63) is 84.4 Å². The first-order valence-electron chi connectivity index (χ1n) is 7.72. The third-order valence-electron chi connectivity index (χ3n) is 3.80. The Balaban J connectivity index is 1.71. The summed E-state index contributed by atoms with van der Waals surface area (Å²) in [7, 11) is 1.30. The van der Waals surface area contributed by atoms with Crippen LogP contribution >= 0.6 is 0 Å². The minimum atomic E-state index is -0.671. The number of ether oxygens (including phenoxy) is 2.